The van der Waals surface area contributed by atoms with Crippen LogP contribution >= 0.6 is 0 Å². The van der Waals surface area contributed by atoms with Gasteiger partial charge in [-0.25, -0.2) is 0 Å². The molecule has 1 unspecified atom stereocenters. The Labute approximate surface area is 452 Å². The summed E-state index contributed by atoms with van der Waals surface area (Å²) >= 11 is 0. The number of hydrogen-bond acceptors (Lipinski definition) is 6. The van der Waals surface area contributed by atoms with Gasteiger partial charge in [0.25, 0.3) is 0 Å². The van der Waals surface area contributed by atoms with Gasteiger partial charge in [0.15, 0.2) is 6.10 Å². The van der Waals surface area contributed by atoms with Crippen LogP contribution in [-0.4, -0.2) is 37.2 Å². The van der Waals surface area contributed by atoms with Gasteiger partial charge in [0, 0.05) is 19.3 Å². The van der Waals surface area contributed by atoms with Gasteiger partial charge >= 0.3 is 17.9 Å². The summed E-state index contributed by atoms with van der Waals surface area (Å²) in [5.74, 6) is -0.886. The van der Waals surface area contributed by atoms with Crippen LogP contribution in [-0.2, 0) is 28.6 Å². The number of carbonyl (C=O) groups excluding carboxylic acids is 3. The molecule has 420 valence electrons. The van der Waals surface area contributed by atoms with Gasteiger partial charge in [-0.2, -0.15) is 0 Å². The Morgan fingerprint density at radius 1 is 0.288 bits per heavy atom. The SMILES string of the molecule is CC/C=C\C/C=C\C/C=C\C/C=C\C/C=C\CCCCCCCCCCCCCC(=O)OCC(COC(=O)CCCCCCCCCCCCCC)OC(=O)CCCCCCC/C=C\C/C=C\CCCCCC. The Morgan fingerprint density at radius 2 is 0.534 bits per heavy atom. The maximum atomic E-state index is 12.9. The van der Waals surface area contributed by atoms with Crippen molar-refractivity contribution in [3.8, 4) is 0 Å². The van der Waals surface area contributed by atoms with Crippen LogP contribution in [0.1, 0.15) is 303 Å². The Bertz CT molecular complexity index is 1400. The van der Waals surface area contributed by atoms with Crippen molar-refractivity contribution in [1.82, 2.24) is 0 Å². The second-order valence-electron chi connectivity index (χ2n) is 20.6. The summed E-state index contributed by atoms with van der Waals surface area (Å²) in [4.78, 5) is 38.2. The van der Waals surface area contributed by atoms with E-state index in [0.29, 0.717) is 19.3 Å². The van der Waals surface area contributed by atoms with Gasteiger partial charge < -0.3 is 14.2 Å². The zero-order valence-electron chi connectivity index (χ0n) is 48.1. The number of carbonyl (C=O) groups is 3. The zero-order chi connectivity index (χ0) is 52.9. The van der Waals surface area contributed by atoms with Gasteiger partial charge in [-0.3, -0.25) is 14.4 Å². The quantitative estimate of drug-likeness (QED) is 0.0261. The van der Waals surface area contributed by atoms with Gasteiger partial charge in [0.2, 0.25) is 0 Å². The Balaban J connectivity index is 4.28. The molecule has 73 heavy (non-hydrogen) atoms. The van der Waals surface area contributed by atoms with E-state index in [2.05, 4.69) is 106 Å². The maximum absolute atomic E-state index is 12.9. The molecule has 0 aromatic heterocycles. The molecule has 0 saturated carbocycles. The molecule has 0 saturated heterocycles. The average molecular weight is 1020 g/mol. The minimum atomic E-state index is -0.783. The second-order valence-corrected chi connectivity index (χ2v) is 20.6. The number of allylic oxidation sites excluding steroid dienone is 14. The smallest absolute Gasteiger partial charge is 0.306 e. The molecule has 0 aromatic carbocycles. The highest BCUT2D eigenvalue weighted by molar-refractivity contribution is 5.71. The lowest BCUT2D eigenvalue weighted by Crippen LogP contribution is -2.30. The Hall–Kier alpha value is -3.41. The van der Waals surface area contributed by atoms with E-state index in [1.807, 2.05) is 0 Å². The van der Waals surface area contributed by atoms with Crippen LogP contribution in [0.15, 0.2) is 85.1 Å². The first-order chi connectivity index (χ1) is 36.0. The molecule has 0 heterocycles. The molecular formula is C67H116O6. The van der Waals surface area contributed by atoms with Crippen molar-refractivity contribution in [2.24, 2.45) is 0 Å². The first-order valence-electron chi connectivity index (χ1n) is 31.1. The van der Waals surface area contributed by atoms with Crippen LogP contribution in [0, 0.1) is 0 Å². The topological polar surface area (TPSA) is 78.9 Å². The summed E-state index contributed by atoms with van der Waals surface area (Å²) in [6.07, 6.45) is 80.1. The van der Waals surface area contributed by atoms with Gasteiger partial charge in [-0.05, 0) is 96.3 Å². The van der Waals surface area contributed by atoms with E-state index >= 15 is 0 Å². The fraction of sp³-hybridized carbons (Fsp3) is 0.746. The largest absolute Gasteiger partial charge is 0.462 e. The van der Waals surface area contributed by atoms with Crippen molar-refractivity contribution in [1.29, 1.82) is 0 Å². The second kappa shape index (κ2) is 61.1. The number of unbranched alkanes of at least 4 members (excludes halogenated alkanes) is 31. The highest BCUT2D eigenvalue weighted by Crippen LogP contribution is 2.16. The summed E-state index contributed by atoms with van der Waals surface area (Å²) in [6, 6.07) is 0. The predicted octanol–water partition coefficient (Wildman–Crippen LogP) is 21.1. The fourth-order valence-electron chi connectivity index (χ4n) is 8.74. The monoisotopic (exact) mass is 1020 g/mol. The van der Waals surface area contributed by atoms with Crippen LogP contribution in [0.2, 0.25) is 0 Å². The summed E-state index contributed by atoms with van der Waals surface area (Å²) in [6.45, 7) is 6.52. The van der Waals surface area contributed by atoms with Crippen LogP contribution in [0.3, 0.4) is 0 Å². The van der Waals surface area contributed by atoms with E-state index in [1.54, 1.807) is 0 Å². The molecule has 6 nitrogen and oxygen atoms in total. The Kier molecular flexibility index (Phi) is 58.3. The third-order valence-corrected chi connectivity index (χ3v) is 13.4. The number of ether oxygens (including phenoxy) is 3. The zero-order valence-corrected chi connectivity index (χ0v) is 48.1. The van der Waals surface area contributed by atoms with Gasteiger partial charge in [0.05, 0.1) is 0 Å². The van der Waals surface area contributed by atoms with Crippen molar-refractivity contribution in [2.75, 3.05) is 13.2 Å². The average Bonchev–Trinajstić information content (AvgIpc) is 3.39. The summed E-state index contributed by atoms with van der Waals surface area (Å²) < 4.78 is 16.9. The van der Waals surface area contributed by atoms with E-state index in [4.69, 9.17) is 14.2 Å². The standard InChI is InChI=1S/C67H116O6/c1-4-7-10-13-16-19-22-25-27-29-30-31-32-33-34-35-36-37-38-39-41-42-45-48-51-54-57-60-66(69)72-63-64(62-71-65(68)59-56-53-50-47-44-24-21-18-15-12-9-6-3)73-67(70)61-58-55-52-49-46-43-40-28-26-23-20-17-14-11-8-5-2/h7,10,16,19-20,23,25,27-28,30-31,33-34,40,64H,4-6,8-9,11-15,17-18,21-22,24,26,29,32,35-39,41-63H2,1-3H3/b10-7-,19-16-,23-20-,27-25-,31-30-,34-33-,40-28-. The van der Waals surface area contributed by atoms with E-state index in [1.165, 1.54) is 148 Å². The van der Waals surface area contributed by atoms with Gasteiger partial charge in [-0.15, -0.1) is 0 Å². The Morgan fingerprint density at radius 3 is 0.849 bits per heavy atom. The summed E-state index contributed by atoms with van der Waals surface area (Å²) in [5.41, 5.74) is 0. The van der Waals surface area contributed by atoms with Crippen molar-refractivity contribution >= 4 is 17.9 Å². The molecule has 0 aliphatic carbocycles. The normalized spacial score (nSPS) is 12.6. The lowest BCUT2D eigenvalue weighted by atomic mass is 10.0. The van der Waals surface area contributed by atoms with Gasteiger partial charge in [-0.1, -0.05) is 273 Å². The molecule has 0 bridgehead atoms. The van der Waals surface area contributed by atoms with Crippen molar-refractivity contribution < 1.29 is 28.6 Å². The summed E-state index contributed by atoms with van der Waals surface area (Å²) in [7, 11) is 0. The lowest BCUT2D eigenvalue weighted by molar-refractivity contribution is -0.167. The van der Waals surface area contributed by atoms with Crippen LogP contribution in [0.5, 0.6) is 0 Å². The van der Waals surface area contributed by atoms with E-state index < -0.39 is 6.10 Å². The van der Waals surface area contributed by atoms with E-state index in [-0.39, 0.29) is 31.1 Å². The van der Waals surface area contributed by atoms with Crippen LogP contribution in [0.4, 0.5) is 0 Å². The minimum absolute atomic E-state index is 0.0799. The first kappa shape index (κ1) is 69.6. The highest BCUT2D eigenvalue weighted by atomic mass is 16.6. The van der Waals surface area contributed by atoms with Gasteiger partial charge in [0.1, 0.15) is 13.2 Å². The maximum Gasteiger partial charge on any atom is 0.306 e. The molecule has 0 N–H and O–H groups in total. The number of esters is 3. The minimum Gasteiger partial charge on any atom is -0.462 e. The van der Waals surface area contributed by atoms with E-state index in [9.17, 15) is 14.4 Å². The number of hydrogen-bond donors (Lipinski definition) is 0. The molecule has 0 aliphatic rings. The molecule has 0 radical (unpaired) electrons. The summed E-state index contributed by atoms with van der Waals surface area (Å²) in [5, 5.41) is 0. The molecule has 0 amide bonds. The molecule has 0 aliphatic heterocycles. The van der Waals surface area contributed by atoms with Crippen LogP contribution in [0.25, 0.3) is 0 Å². The third kappa shape index (κ3) is 59.3. The third-order valence-electron chi connectivity index (χ3n) is 13.4. The van der Waals surface area contributed by atoms with E-state index in [0.717, 1.165) is 116 Å². The van der Waals surface area contributed by atoms with Crippen molar-refractivity contribution in [3.63, 3.8) is 0 Å². The predicted molar refractivity (Wildman–Crippen MR) is 316 cm³/mol. The van der Waals surface area contributed by atoms with Crippen molar-refractivity contribution in [3.05, 3.63) is 85.1 Å². The molecule has 0 fully saturated rings. The van der Waals surface area contributed by atoms with Crippen molar-refractivity contribution in [2.45, 2.75) is 309 Å². The molecular weight excluding hydrogens is 901 g/mol. The first-order valence-corrected chi connectivity index (χ1v) is 31.1. The number of rotatable bonds is 56. The lowest BCUT2D eigenvalue weighted by Gasteiger charge is -2.18. The molecule has 1 atom stereocenters. The highest BCUT2D eigenvalue weighted by Gasteiger charge is 2.19. The molecule has 0 spiro atoms. The fourth-order valence-corrected chi connectivity index (χ4v) is 8.74. The molecule has 0 rings (SSSR count). The molecule has 6 heteroatoms. The van der Waals surface area contributed by atoms with Crippen LogP contribution < -0.4 is 0 Å². The molecule has 0 aromatic rings.